The van der Waals surface area contributed by atoms with E-state index in [2.05, 4.69) is 0 Å². The van der Waals surface area contributed by atoms with Gasteiger partial charge in [0.1, 0.15) is 0 Å². The molecule has 0 unspecified atom stereocenters. The van der Waals surface area contributed by atoms with E-state index in [4.69, 9.17) is 0 Å². The summed E-state index contributed by atoms with van der Waals surface area (Å²) in [5.41, 5.74) is 0. The minimum absolute atomic E-state index is 0. The van der Waals surface area contributed by atoms with Crippen LogP contribution in [0.1, 0.15) is 0 Å². The van der Waals surface area contributed by atoms with Gasteiger partial charge in [-0.3, -0.25) is 4.79 Å². The number of rotatable bonds is 1. The van der Waals surface area contributed by atoms with Crippen LogP contribution in [0.25, 0.3) is 0 Å². The lowest BCUT2D eigenvalue weighted by Gasteiger charge is -1.93. The molecule has 0 saturated carbocycles. The standard InChI is InChI=1S/C3H7NO.S/c1-4(2)3-5;/h3H,1-2H3;. The Morgan fingerprint density at radius 3 is 1.67 bits per heavy atom. The molecule has 0 atom stereocenters. The Morgan fingerprint density at radius 1 is 1.50 bits per heavy atom. The van der Waals surface area contributed by atoms with Gasteiger partial charge >= 0.3 is 0 Å². The maximum Gasteiger partial charge on any atom is 0.209 e. The van der Waals surface area contributed by atoms with E-state index in [9.17, 15) is 4.79 Å². The first-order valence-electron chi connectivity index (χ1n) is 1.39. The summed E-state index contributed by atoms with van der Waals surface area (Å²) in [6, 6.07) is 0. The Labute approximate surface area is 44.6 Å². The summed E-state index contributed by atoms with van der Waals surface area (Å²) < 4.78 is 0. The summed E-state index contributed by atoms with van der Waals surface area (Å²) in [5.74, 6) is 0. The van der Waals surface area contributed by atoms with E-state index in [0.29, 0.717) is 0 Å². The second kappa shape index (κ2) is 4.82. The van der Waals surface area contributed by atoms with Crippen LogP contribution in [0.4, 0.5) is 0 Å². The largest absolute Gasteiger partial charge is 0.351 e. The zero-order chi connectivity index (χ0) is 4.28. The topological polar surface area (TPSA) is 20.3 Å². The van der Waals surface area contributed by atoms with Crippen molar-refractivity contribution in [3.8, 4) is 0 Å². The highest BCUT2D eigenvalue weighted by molar-refractivity contribution is 7.59. The van der Waals surface area contributed by atoms with Crippen LogP contribution in [0, 0.1) is 0 Å². The first-order chi connectivity index (χ1) is 2.27. The van der Waals surface area contributed by atoms with Crippen molar-refractivity contribution in [1.29, 1.82) is 0 Å². The van der Waals surface area contributed by atoms with Gasteiger partial charge in [0.25, 0.3) is 0 Å². The molecule has 0 aromatic rings. The first kappa shape index (κ1) is 9.27. The molecular formula is C3H7NOS. The molecule has 0 aromatic heterocycles. The molecule has 0 aliphatic heterocycles. The molecule has 6 heavy (non-hydrogen) atoms. The minimum atomic E-state index is 0. The van der Waals surface area contributed by atoms with Crippen molar-refractivity contribution in [2.45, 2.75) is 0 Å². The summed E-state index contributed by atoms with van der Waals surface area (Å²) in [6.07, 6.45) is 0.750. The third kappa shape index (κ3) is 9.17. The molecule has 2 nitrogen and oxygen atoms in total. The fourth-order valence-corrected chi connectivity index (χ4v) is 0. The van der Waals surface area contributed by atoms with Crippen molar-refractivity contribution in [3.63, 3.8) is 0 Å². The molecule has 0 rings (SSSR count). The number of carbonyl (C=O) groups excluding carboxylic acids is 1. The van der Waals surface area contributed by atoms with Gasteiger partial charge < -0.3 is 4.90 Å². The highest BCUT2D eigenvalue weighted by Crippen LogP contribution is 1.52. The number of nitrogens with zero attached hydrogens (tertiary/aromatic N) is 1. The van der Waals surface area contributed by atoms with Gasteiger partial charge in [0, 0.05) is 27.6 Å². The van der Waals surface area contributed by atoms with Crippen molar-refractivity contribution < 1.29 is 4.79 Å². The van der Waals surface area contributed by atoms with E-state index in [-0.39, 0.29) is 13.5 Å². The van der Waals surface area contributed by atoms with E-state index < -0.39 is 0 Å². The van der Waals surface area contributed by atoms with Crippen LogP contribution in [0.15, 0.2) is 0 Å². The molecule has 0 saturated heterocycles. The van der Waals surface area contributed by atoms with E-state index in [1.54, 1.807) is 14.1 Å². The van der Waals surface area contributed by atoms with Crippen molar-refractivity contribution in [2.75, 3.05) is 14.1 Å². The maximum atomic E-state index is 9.43. The average Bonchev–Trinajstić information content (AvgIpc) is 1.38. The van der Waals surface area contributed by atoms with Gasteiger partial charge in [-0.2, -0.15) is 0 Å². The van der Waals surface area contributed by atoms with Crippen LogP contribution < -0.4 is 0 Å². The van der Waals surface area contributed by atoms with E-state index >= 15 is 0 Å². The second-order valence-corrected chi connectivity index (χ2v) is 1.07. The van der Waals surface area contributed by atoms with Crippen molar-refractivity contribution in [1.82, 2.24) is 4.90 Å². The van der Waals surface area contributed by atoms with Crippen molar-refractivity contribution >= 4 is 19.9 Å². The highest BCUT2D eigenvalue weighted by atomic mass is 32.1. The van der Waals surface area contributed by atoms with Gasteiger partial charge in [0.2, 0.25) is 6.41 Å². The summed E-state index contributed by atoms with van der Waals surface area (Å²) in [5, 5.41) is 0. The molecule has 1 amide bonds. The number of hydrogen-bond donors (Lipinski definition) is 0. The minimum Gasteiger partial charge on any atom is -0.351 e. The predicted octanol–water partition coefficient (Wildman–Crippen LogP) is 0.353. The van der Waals surface area contributed by atoms with Crippen LogP contribution in [0.5, 0.6) is 0 Å². The molecule has 0 aliphatic rings. The summed E-state index contributed by atoms with van der Waals surface area (Å²) in [6.45, 7) is 0. The van der Waals surface area contributed by atoms with E-state index in [1.165, 1.54) is 4.90 Å². The van der Waals surface area contributed by atoms with Gasteiger partial charge in [-0.1, -0.05) is 0 Å². The molecule has 2 radical (unpaired) electrons. The molecule has 3 heteroatoms. The molecule has 0 N–H and O–H groups in total. The SMILES string of the molecule is CN(C)C=O.[S]. The zero-order valence-corrected chi connectivity index (χ0v) is 4.66. The van der Waals surface area contributed by atoms with Crippen LogP contribution >= 0.6 is 13.5 Å². The van der Waals surface area contributed by atoms with Gasteiger partial charge in [-0.25, -0.2) is 0 Å². The summed E-state index contributed by atoms with van der Waals surface area (Å²) >= 11 is 0. The van der Waals surface area contributed by atoms with Crippen LogP contribution in [0.3, 0.4) is 0 Å². The molecule has 0 aromatic carbocycles. The lowest BCUT2D eigenvalue weighted by atomic mass is 11.0. The van der Waals surface area contributed by atoms with E-state index in [0.717, 1.165) is 6.41 Å². The predicted molar refractivity (Wildman–Crippen MR) is 27.3 cm³/mol. The van der Waals surface area contributed by atoms with Crippen molar-refractivity contribution in [2.24, 2.45) is 0 Å². The Hall–Kier alpha value is -0.180. The fraction of sp³-hybridized carbons (Fsp3) is 0.667. The Balaban J connectivity index is 0. The fourth-order valence-electron chi connectivity index (χ4n) is 0. The van der Waals surface area contributed by atoms with Crippen LogP contribution in [-0.4, -0.2) is 25.4 Å². The normalized spacial score (nSPS) is 5.67. The number of carbonyl (C=O) groups is 1. The highest BCUT2D eigenvalue weighted by Gasteiger charge is 1.68. The van der Waals surface area contributed by atoms with Crippen LogP contribution in [-0.2, 0) is 4.79 Å². The molecule has 0 spiro atoms. The Morgan fingerprint density at radius 2 is 1.67 bits per heavy atom. The second-order valence-electron chi connectivity index (χ2n) is 1.07. The van der Waals surface area contributed by atoms with Gasteiger partial charge in [0.15, 0.2) is 0 Å². The van der Waals surface area contributed by atoms with Crippen LogP contribution in [0.2, 0.25) is 0 Å². The molecule has 0 fully saturated rings. The third-order valence-corrected chi connectivity index (χ3v) is 0.211. The molecule has 0 aliphatic carbocycles. The smallest absolute Gasteiger partial charge is 0.209 e. The molecule has 36 valence electrons. The molecule has 0 heterocycles. The Kier molecular flexibility index (Phi) is 7.44. The summed E-state index contributed by atoms with van der Waals surface area (Å²) in [4.78, 5) is 10.9. The monoisotopic (exact) mass is 105 g/mol. The van der Waals surface area contributed by atoms with Gasteiger partial charge in [0.05, 0.1) is 0 Å². The molecule has 0 bridgehead atoms. The Bertz CT molecular complexity index is 37.8. The van der Waals surface area contributed by atoms with E-state index in [1.807, 2.05) is 0 Å². The molecular weight excluding hydrogens is 98.1 g/mol. The quantitative estimate of drug-likeness (QED) is 0.441. The van der Waals surface area contributed by atoms with Gasteiger partial charge in [-0.05, 0) is 0 Å². The van der Waals surface area contributed by atoms with Crippen molar-refractivity contribution in [3.05, 3.63) is 0 Å². The summed E-state index contributed by atoms with van der Waals surface area (Å²) in [7, 11) is 3.38. The lowest BCUT2D eigenvalue weighted by molar-refractivity contribution is -0.115. The number of hydrogen-bond acceptors (Lipinski definition) is 1. The van der Waals surface area contributed by atoms with Gasteiger partial charge in [-0.15, -0.1) is 0 Å². The third-order valence-electron chi connectivity index (χ3n) is 0.211. The maximum absolute atomic E-state index is 9.43. The zero-order valence-electron chi connectivity index (χ0n) is 3.84. The lowest BCUT2D eigenvalue weighted by Crippen LogP contribution is -2.06. The average molecular weight is 105 g/mol. The first-order valence-corrected chi connectivity index (χ1v) is 1.39. The number of amides is 1.